The molecular weight excluding hydrogens is 378 g/mol. The maximum atomic E-state index is 12.7. The van der Waals surface area contributed by atoms with Crippen LogP contribution in [-0.4, -0.2) is 35.0 Å². The van der Waals surface area contributed by atoms with E-state index in [4.69, 9.17) is 0 Å². The minimum absolute atomic E-state index is 0.0968. The number of rotatable bonds is 7. The normalized spacial score (nSPS) is 11.4. The zero-order valence-corrected chi connectivity index (χ0v) is 17.0. The van der Waals surface area contributed by atoms with Crippen LogP contribution in [-0.2, 0) is 13.1 Å². The van der Waals surface area contributed by atoms with E-state index in [-0.39, 0.29) is 5.69 Å². The van der Waals surface area contributed by atoms with Gasteiger partial charge in [-0.3, -0.25) is 4.57 Å². The van der Waals surface area contributed by atoms with Crippen LogP contribution in [0.2, 0.25) is 0 Å². The second kappa shape index (κ2) is 8.69. The molecule has 0 aliphatic rings. The number of aryl methyl sites for hydroxylation is 1. The summed E-state index contributed by atoms with van der Waals surface area (Å²) >= 11 is 0. The zero-order chi connectivity index (χ0) is 20.9. The van der Waals surface area contributed by atoms with Crippen molar-refractivity contribution in [3.05, 3.63) is 76.5 Å². The third kappa shape index (κ3) is 3.84. The molecule has 0 saturated heterocycles. The average Bonchev–Trinajstić information content (AvgIpc) is 3.42. The van der Waals surface area contributed by atoms with Gasteiger partial charge in [-0.05, 0) is 46.5 Å². The van der Waals surface area contributed by atoms with E-state index in [2.05, 4.69) is 44.8 Å². The molecule has 30 heavy (non-hydrogen) atoms. The van der Waals surface area contributed by atoms with Gasteiger partial charge in [-0.25, -0.2) is 14.6 Å². The Kier molecular flexibility index (Phi) is 5.65. The van der Waals surface area contributed by atoms with Crippen molar-refractivity contribution in [3.8, 4) is 22.5 Å². The number of allylic oxidation sites excluding steroid dienone is 1. The monoisotopic (exact) mass is 401 g/mol. The minimum Gasteiger partial charge on any atom is -0.271 e. The van der Waals surface area contributed by atoms with Gasteiger partial charge in [0.2, 0.25) is 0 Å². The molecule has 4 rings (SSSR count). The highest BCUT2D eigenvalue weighted by atomic mass is 16.2. The Morgan fingerprint density at radius 1 is 1.03 bits per heavy atom. The summed E-state index contributed by atoms with van der Waals surface area (Å²) in [4.78, 5) is 12.7. The Labute approximate surface area is 173 Å². The smallest absolute Gasteiger partial charge is 0.271 e. The molecule has 0 unspecified atom stereocenters. The third-order valence-corrected chi connectivity index (χ3v) is 4.89. The number of hydrogen-bond donors (Lipinski definition) is 1. The lowest BCUT2D eigenvalue weighted by molar-refractivity contribution is 0.616. The van der Waals surface area contributed by atoms with E-state index < -0.39 is 0 Å². The number of benzene rings is 2. The van der Waals surface area contributed by atoms with Crippen molar-refractivity contribution in [1.29, 1.82) is 0 Å². The summed E-state index contributed by atoms with van der Waals surface area (Å²) < 4.78 is 3.20. The fourth-order valence-electron chi connectivity index (χ4n) is 3.35. The molecule has 2 aromatic carbocycles. The van der Waals surface area contributed by atoms with Crippen molar-refractivity contribution in [2.75, 3.05) is 0 Å². The lowest BCUT2D eigenvalue weighted by atomic mass is 9.98. The van der Waals surface area contributed by atoms with Crippen LogP contribution in [0.25, 0.3) is 28.6 Å². The second-order valence-corrected chi connectivity index (χ2v) is 6.85. The molecule has 4 aromatic rings. The van der Waals surface area contributed by atoms with Crippen molar-refractivity contribution >= 4 is 6.08 Å². The molecular formula is C22H23N7O. The first-order valence-corrected chi connectivity index (χ1v) is 9.97. The Balaban J connectivity index is 1.65. The first-order valence-electron chi connectivity index (χ1n) is 9.97. The van der Waals surface area contributed by atoms with E-state index in [0.717, 1.165) is 28.7 Å². The highest BCUT2D eigenvalue weighted by Gasteiger charge is 2.12. The van der Waals surface area contributed by atoms with Crippen molar-refractivity contribution in [2.24, 2.45) is 0 Å². The maximum absolute atomic E-state index is 12.7. The van der Waals surface area contributed by atoms with Gasteiger partial charge in [-0.2, -0.15) is 5.10 Å². The first kappa shape index (κ1) is 19.5. The highest BCUT2D eigenvalue weighted by Crippen LogP contribution is 2.29. The molecule has 2 heterocycles. The molecule has 0 saturated carbocycles. The van der Waals surface area contributed by atoms with Gasteiger partial charge in [0.25, 0.3) is 0 Å². The molecule has 0 radical (unpaired) electrons. The van der Waals surface area contributed by atoms with Crippen molar-refractivity contribution in [1.82, 2.24) is 35.0 Å². The molecule has 2 aromatic heterocycles. The van der Waals surface area contributed by atoms with Crippen molar-refractivity contribution < 1.29 is 0 Å². The molecule has 1 N–H and O–H groups in total. The van der Waals surface area contributed by atoms with Crippen LogP contribution in [0.4, 0.5) is 0 Å². The molecule has 0 fully saturated rings. The molecule has 0 amide bonds. The average molecular weight is 401 g/mol. The predicted octanol–water partition coefficient (Wildman–Crippen LogP) is 3.38. The molecule has 0 aliphatic carbocycles. The van der Waals surface area contributed by atoms with Crippen LogP contribution in [0, 0.1) is 0 Å². The molecule has 0 bridgehead atoms. The van der Waals surface area contributed by atoms with Gasteiger partial charge < -0.3 is 0 Å². The fourth-order valence-corrected chi connectivity index (χ4v) is 3.35. The Morgan fingerprint density at radius 3 is 2.47 bits per heavy atom. The van der Waals surface area contributed by atoms with Crippen LogP contribution in [0.15, 0.2) is 59.4 Å². The first-order chi connectivity index (χ1) is 14.7. The lowest BCUT2D eigenvalue weighted by Gasteiger charge is -2.09. The molecule has 0 atom stereocenters. The number of nitrogens with one attached hydrogen (secondary N) is 1. The van der Waals surface area contributed by atoms with E-state index in [1.807, 2.05) is 55.5 Å². The van der Waals surface area contributed by atoms with Gasteiger partial charge in [0.05, 0.1) is 6.54 Å². The Morgan fingerprint density at radius 2 is 1.80 bits per heavy atom. The van der Waals surface area contributed by atoms with E-state index >= 15 is 0 Å². The Hall–Kier alpha value is -3.81. The molecule has 8 heteroatoms. The summed E-state index contributed by atoms with van der Waals surface area (Å²) in [6.45, 7) is 4.99. The van der Waals surface area contributed by atoms with Crippen LogP contribution < -0.4 is 5.69 Å². The summed E-state index contributed by atoms with van der Waals surface area (Å²) in [5.74, 6) is 1.30. The minimum atomic E-state index is -0.0968. The van der Waals surface area contributed by atoms with Gasteiger partial charge in [0.1, 0.15) is 0 Å². The van der Waals surface area contributed by atoms with Gasteiger partial charge >= 0.3 is 5.69 Å². The number of tetrazole rings is 1. The van der Waals surface area contributed by atoms with E-state index in [0.29, 0.717) is 24.7 Å². The number of aromatic amines is 1. The van der Waals surface area contributed by atoms with Crippen LogP contribution >= 0.6 is 0 Å². The number of hydrogen-bond acceptors (Lipinski definition) is 5. The number of H-pyrrole nitrogens is 1. The number of nitrogens with zero attached hydrogens (tertiary/aromatic N) is 6. The summed E-state index contributed by atoms with van der Waals surface area (Å²) in [5.41, 5.74) is 3.95. The van der Waals surface area contributed by atoms with Crippen molar-refractivity contribution in [3.63, 3.8) is 0 Å². The van der Waals surface area contributed by atoms with Gasteiger partial charge in [-0.1, -0.05) is 61.5 Å². The maximum Gasteiger partial charge on any atom is 0.346 e. The van der Waals surface area contributed by atoms with E-state index in [1.165, 1.54) is 4.68 Å². The van der Waals surface area contributed by atoms with Crippen LogP contribution in [0.3, 0.4) is 0 Å². The SMILES string of the molecule is CC/C=C/c1nn(CC)c(=O)n1Cc1ccc(-c2ccccc2-c2nnn[nH]2)cc1. The highest BCUT2D eigenvalue weighted by molar-refractivity contribution is 5.80. The Bertz CT molecular complexity index is 1200. The quantitative estimate of drug-likeness (QED) is 0.512. The summed E-state index contributed by atoms with van der Waals surface area (Å²) in [5, 5.41) is 18.6. The largest absolute Gasteiger partial charge is 0.346 e. The molecule has 152 valence electrons. The van der Waals surface area contributed by atoms with E-state index in [1.54, 1.807) is 4.57 Å². The second-order valence-electron chi connectivity index (χ2n) is 6.85. The summed E-state index contributed by atoms with van der Waals surface area (Å²) in [6, 6.07) is 16.1. The van der Waals surface area contributed by atoms with Crippen LogP contribution in [0.1, 0.15) is 31.7 Å². The zero-order valence-electron chi connectivity index (χ0n) is 17.0. The van der Waals surface area contributed by atoms with Crippen molar-refractivity contribution in [2.45, 2.75) is 33.4 Å². The fraction of sp³-hybridized carbons (Fsp3) is 0.227. The van der Waals surface area contributed by atoms with E-state index in [9.17, 15) is 4.79 Å². The molecule has 0 spiro atoms. The number of aromatic nitrogens is 7. The molecule has 8 nitrogen and oxygen atoms in total. The molecule has 0 aliphatic heterocycles. The van der Waals surface area contributed by atoms with Crippen LogP contribution in [0.5, 0.6) is 0 Å². The third-order valence-electron chi connectivity index (χ3n) is 4.89. The predicted molar refractivity (Wildman–Crippen MR) is 116 cm³/mol. The standard InChI is InChI=1S/C22H23N7O/c1-3-5-10-20-25-29(4-2)22(30)28(20)15-16-11-13-17(14-12-16)18-8-6-7-9-19(18)21-23-26-27-24-21/h5-14H,3-4,15H2,1-2H3,(H,23,24,26,27)/b10-5+. The van der Waals surface area contributed by atoms with Gasteiger partial charge in [0, 0.05) is 12.1 Å². The van der Waals surface area contributed by atoms with Gasteiger partial charge in [-0.15, -0.1) is 5.10 Å². The lowest BCUT2D eigenvalue weighted by Crippen LogP contribution is -2.25. The summed E-state index contributed by atoms with van der Waals surface area (Å²) in [6.07, 6.45) is 4.81. The topological polar surface area (TPSA) is 94.3 Å². The summed E-state index contributed by atoms with van der Waals surface area (Å²) in [7, 11) is 0. The van der Waals surface area contributed by atoms with Gasteiger partial charge in [0.15, 0.2) is 11.6 Å².